The molecule has 0 fully saturated rings. The van der Waals surface area contributed by atoms with E-state index in [2.05, 4.69) is 11.4 Å². The number of carbonyl (C=O) groups is 1. The molecule has 0 aliphatic carbocycles. The largest absolute Gasteiger partial charge is 0.489 e. The van der Waals surface area contributed by atoms with Gasteiger partial charge in [-0.05, 0) is 29.6 Å². The molecule has 0 unspecified atom stereocenters. The average Bonchev–Trinajstić information content (AvgIpc) is 3.08. The van der Waals surface area contributed by atoms with Crippen molar-refractivity contribution in [1.29, 1.82) is 5.26 Å². The van der Waals surface area contributed by atoms with Crippen LogP contribution < -0.4 is 10.1 Å². The summed E-state index contributed by atoms with van der Waals surface area (Å²) >= 11 is 1.33. The lowest BCUT2D eigenvalue weighted by atomic mass is 10.1. The second-order valence-electron chi connectivity index (χ2n) is 4.99. The molecule has 3 aromatic rings. The number of carbonyl (C=O) groups excluding carboxylic acids is 1. The minimum atomic E-state index is -0.249. The van der Waals surface area contributed by atoms with Crippen LogP contribution in [-0.4, -0.2) is 5.91 Å². The van der Waals surface area contributed by atoms with Crippen molar-refractivity contribution < 1.29 is 9.53 Å². The molecule has 0 saturated heterocycles. The first kappa shape index (κ1) is 15.8. The molecule has 1 aromatic heterocycles. The van der Waals surface area contributed by atoms with Gasteiger partial charge in [0.1, 0.15) is 23.4 Å². The minimum absolute atomic E-state index is 0.249. The molecule has 0 radical (unpaired) electrons. The zero-order valence-electron chi connectivity index (χ0n) is 12.7. The van der Waals surface area contributed by atoms with Gasteiger partial charge >= 0.3 is 0 Å². The summed E-state index contributed by atoms with van der Waals surface area (Å²) in [6, 6.07) is 20.5. The highest BCUT2D eigenvalue weighted by molar-refractivity contribution is 7.14. The molecule has 0 spiro atoms. The summed E-state index contributed by atoms with van der Waals surface area (Å²) in [5.41, 5.74) is 1.78. The molecule has 4 nitrogen and oxygen atoms in total. The normalized spacial score (nSPS) is 9.96. The van der Waals surface area contributed by atoms with Gasteiger partial charge in [-0.1, -0.05) is 36.4 Å². The SMILES string of the molecule is N#Cc1ccsc1NC(=O)c1ccccc1COc1ccccc1. The Labute approximate surface area is 143 Å². The van der Waals surface area contributed by atoms with Crippen LogP contribution in [0.25, 0.3) is 0 Å². The molecule has 1 N–H and O–H groups in total. The van der Waals surface area contributed by atoms with E-state index in [1.807, 2.05) is 42.5 Å². The van der Waals surface area contributed by atoms with Crippen LogP contribution in [0.2, 0.25) is 0 Å². The van der Waals surface area contributed by atoms with Crippen molar-refractivity contribution in [3.8, 4) is 11.8 Å². The van der Waals surface area contributed by atoms with Gasteiger partial charge in [0.05, 0.1) is 5.56 Å². The topological polar surface area (TPSA) is 62.1 Å². The number of nitriles is 1. The maximum absolute atomic E-state index is 12.5. The summed E-state index contributed by atoms with van der Waals surface area (Å²) < 4.78 is 5.73. The van der Waals surface area contributed by atoms with Crippen LogP contribution in [-0.2, 0) is 6.61 Å². The third-order valence-electron chi connectivity index (χ3n) is 3.41. The van der Waals surface area contributed by atoms with Gasteiger partial charge in [0.2, 0.25) is 0 Å². The number of hydrogen-bond donors (Lipinski definition) is 1. The van der Waals surface area contributed by atoms with Gasteiger partial charge in [0, 0.05) is 11.1 Å². The number of hydrogen-bond acceptors (Lipinski definition) is 4. The monoisotopic (exact) mass is 334 g/mol. The summed E-state index contributed by atoms with van der Waals surface area (Å²) in [4.78, 5) is 12.5. The minimum Gasteiger partial charge on any atom is -0.489 e. The van der Waals surface area contributed by atoms with Gasteiger partial charge in [0.25, 0.3) is 5.91 Å². The third-order valence-corrected chi connectivity index (χ3v) is 4.24. The van der Waals surface area contributed by atoms with E-state index in [9.17, 15) is 4.79 Å². The molecule has 0 saturated carbocycles. The summed E-state index contributed by atoms with van der Waals surface area (Å²) in [5.74, 6) is 0.499. The van der Waals surface area contributed by atoms with Crippen molar-refractivity contribution in [1.82, 2.24) is 0 Å². The van der Waals surface area contributed by atoms with Crippen molar-refractivity contribution in [3.63, 3.8) is 0 Å². The van der Waals surface area contributed by atoms with Gasteiger partial charge in [-0.15, -0.1) is 11.3 Å². The van der Waals surface area contributed by atoms with Gasteiger partial charge in [-0.3, -0.25) is 4.79 Å². The van der Waals surface area contributed by atoms with E-state index < -0.39 is 0 Å². The number of benzene rings is 2. The van der Waals surface area contributed by atoms with Gasteiger partial charge < -0.3 is 10.1 Å². The maximum Gasteiger partial charge on any atom is 0.256 e. The first-order valence-electron chi connectivity index (χ1n) is 7.32. The Morgan fingerprint density at radius 3 is 2.62 bits per heavy atom. The number of amides is 1. The Kier molecular flexibility index (Phi) is 4.90. The van der Waals surface area contributed by atoms with E-state index in [0.717, 1.165) is 11.3 Å². The lowest BCUT2D eigenvalue weighted by Gasteiger charge is -2.11. The number of para-hydroxylation sites is 1. The summed E-state index contributed by atoms with van der Waals surface area (Å²) in [6.45, 7) is 0.295. The lowest BCUT2D eigenvalue weighted by molar-refractivity contribution is 0.102. The van der Waals surface area contributed by atoms with Gasteiger partial charge in [-0.25, -0.2) is 0 Å². The number of thiophene rings is 1. The third kappa shape index (κ3) is 3.62. The van der Waals surface area contributed by atoms with Crippen molar-refractivity contribution >= 4 is 22.2 Å². The highest BCUT2D eigenvalue weighted by atomic mass is 32.1. The Balaban J connectivity index is 1.76. The van der Waals surface area contributed by atoms with E-state index >= 15 is 0 Å². The predicted molar refractivity (Wildman–Crippen MR) is 94.2 cm³/mol. The first-order chi connectivity index (χ1) is 11.8. The second-order valence-corrected chi connectivity index (χ2v) is 5.90. The van der Waals surface area contributed by atoms with Crippen molar-refractivity contribution in [3.05, 3.63) is 82.7 Å². The first-order valence-corrected chi connectivity index (χ1v) is 8.20. The van der Waals surface area contributed by atoms with Crippen LogP contribution >= 0.6 is 11.3 Å². The molecule has 1 amide bonds. The zero-order valence-corrected chi connectivity index (χ0v) is 13.5. The average molecular weight is 334 g/mol. The number of nitrogens with one attached hydrogen (secondary N) is 1. The molecule has 0 bridgehead atoms. The number of nitrogens with zero attached hydrogens (tertiary/aromatic N) is 1. The van der Waals surface area contributed by atoms with Crippen LogP contribution in [0.15, 0.2) is 66.0 Å². The number of anilines is 1. The fourth-order valence-electron chi connectivity index (χ4n) is 2.21. The standard InChI is InChI=1S/C19H14N2O2S/c20-12-14-10-11-24-19(14)21-18(22)17-9-5-4-6-15(17)13-23-16-7-2-1-3-8-16/h1-11H,13H2,(H,21,22). The summed E-state index contributed by atoms with van der Waals surface area (Å²) in [7, 11) is 0. The van der Waals surface area contributed by atoms with E-state index in [1.165, 1.54) is 11.3 Å². The molecule has 3 rings (SSSR count). The fraction of sp³-hybridized carbons (Fsp3) is 0.0526. The molecule has 24 heavy (non-hydrogen) atoms. The van der Waals surface area contributed by atoms with E-state index in [1.54, 1.807) is 23.6 Å². The maximum atomic E-state index is 12.5. The number of ether oxygens (including phenoxy) is 1. The van der Waals surface area contributed by atoms with Crippen molar-refractivity contribution in [2.45, 2.75) is 6.61 Å². The zero-order chi connectivity index (χ0) is 16.8. The van der Waals surface area contributed by atoms with Crippen LogP contribution in [0.4, 0.5) is 5.00 Å². The molecule has 0 aliphatic rings. The molecule has 0 aliphatic heterocycles. The Hall–Kier alpha value is -3.10. The van der Waals surface area contributed by atoms with E-state index in [4.69, 9.17) is 10.00 Å². The lowest BCUT2D eigenvalue weighted by Crippen LogP contribution is -2.15. The van der Waals surface area contributed by atoms with Crippen molar-refractivity contribution in [2.24, 2.45) is 0 Å². The second kappa shape index (κ2) is 7.44. The Morgan fingerprint density at radius 1 is 1.08 bits per heavy atom. The molecule has 5 heteroatoms. The molecule has 118 valence electrons. The molecule has 0 atom stereocenters. The summed E-state index contributed by atoms with van der Waals surface area (Å²) in [5, 5.41) is 14.2. The quantitative estimate of drug-likeness (QED) is 0.750. The van der Waals surface area contributed by atoms with E-state index in [-0.39, 0.29) is 5.91 Å². The van der Waals surface area contributed by atoms with Crippen LogP contribution in [0.1, 0.15) is 21.5 Å². The summed E-state index contributed by atoms with van der Waals surface area (Å²) in [6.07, 6.45) is 0. The molecule has 2 aromatic carbocycles. The Bertz CT molecular complexity index is 882. The van der Waals surface area contributed by atoms with Crippen LogP contribution in [0, 0.1) is 11.3 Å². The van der Waals surface area contributed by atoms with Crippen LogP contribution in [0.5, 0.6) is 5.75 Å². The Morgan fingerprint density at radius 2 is 1.83 bits per heavy atom. The van der Waals surface area contributed by atoms with Gasteiger partial charge in [-0.2, -0.15) is 5.26 Å². The molecular formula is C19H14N2O2S. The molecular weight excluding hydrogens is 320 g/mol. The smallest absolute Gasteiger partial charge is 0.256 e. The molecule has 1 heterocycles. The van der Waals surface area contributed by atoms with Gasteiger partial charge in [0.15, 0.2) is 0 Å². The van der Waals surface area contributed by atoms with Crippen LogP contribution in [0.3, 0.4) is 0 Å². The predicted octanol–water partition coefficient (Wildman–Crippen LogP) is 4.45. The number of rotatable bonds is 5. The highest BCUT2D eigenvalue weighted by Crippen LogP contribution is 2.23. The van der Waals surface area contributed by atoms with Crippen molar-refractivity contribution in [2.75, 3.05) is 5.32 Å². The highest BCUT2D eigenvalue weighted by Gasteiger charge is 2.14. The fourth-order valence-corrected chi connectivity index (χ4v) is 2.94. The van der Waals surface area contributed by atoms with E-state index in [0.29, 0.717) is 22.7 Å².